The molecule has 1 atom stereocenters. The quantitative estimate of drug-likeness (QED) is 0.753. The second-order valence-corrected chi connectivity index (χ2v) is 7.72. The Kier molecular flexibility index (Phi) is 6.19. The van der Waals surface area contributed by atoms with Crippen LogP contribution in [0.25, 0.3) is 0 Å². The largest absolute Gasteiger partial charge is 0.481 e. The summed E-state index contributed by atoms with van der Waals surface area (Å²) < 4.78 is 13.3. The molecule has 2 aliphatic rings. The molecule has 1 aromatic rings. The Bertz CT molecular complexity index is 689. The van der Waals surface area contributed by atoms with Gasteiger partial charge in [0, 0.05) is 30.9 Å². The maximum absolute atomic E-state index is 13.3. The van der Waals surface area contributed by atoms with Crippen molar-refractivity contribution in [1.82, 2.24) is 10.6 Å². The third-order valence-corrected chi connectivity index (χ3v) is 5.67. The summed E-state index contributed by atoms with van der Waals surface area (Å²) in [5.74, 6) is -1.26. The van der Waals surface area contributed by atoms with Gasteiger partial charge >= 0.3 is 12.0 Å². The monoisotopic (exact) mass is 377 g/mol. The van der Waals surface area contributed by atoms with Gasteiger partial charge in [-0.25, -0.2) is 9.18 Å². The second-order valence-electron chi connectivity index (χ2n) is 7.72. The summed E-state index contributed by atoms with van der Waals surface area (Å²) in [5, 5.41) is 15.1. The lowest BCUT2D eigenvalue weighted by atomic mass is 9.86. The first kappa shape index (κ1) is 19.5. The first-order valence-corrected chi connectivity index (χ1v) is 9.73. The minimum absolute atomic E-state index is 0.0403. The number of rotatable bonds is 4. The highest BCUT2D eigenvalue weighted by molar-refractivity contribution is 5.75. The van der Waals surface area contributed by atoms with Gasteiger partial charge in [-0.2, -0.15) is 0 Å². The molecule has 0 bridgehead atoms. The van der Waals surface area contributed by atoms with Gasteiger partial charge in [0.05, 0.1) is 5.92 Å². The molecule has 1 unspecified atom stereocenters. The van der Waals surface area contributed by atoms with Crippen LogP contribution in [0, 0.1) is 18.7 Å². The summed E-state index contributed by atoms with van der Waals surface area (Å²) in [6.07, 6.45) is 4.51. The van der Waals surface area contributed by atoms with Crippen LogP contribution in [0.3, 0.4) is 0 Å². The zero-order chi connectivity index (χ0) is 19.4. The molecule has 3 N–H and O–H groups in total. The molecule has 148 valence electrons. The number of carboxylic acid groups (broad SMARTS) is 1. The van der Waals surface area contributed by atoms with Crippen molar-refractivity contribution in [2.24, 2.45) is 5.92 Å². The lowest BCUT2D eigenvalue weighted by Crippen LogP contribution is -2.52. The first-order valence-electron chi connectivity index (χ1n) is 9.73. The number of hydrogen-bond donors (Lipinski definition) is 3. The smallest absolute Gasteiger partial charge is 0.315 e. The Labute approximate surface area is 159 Å². The fourth-order valence-corrected chi connectivity index (χ4v) is 4.18. The van der Waals surface area contributed by atoms with Crippen LogP contribution in [0.1, 0.15) is 44.1 Å². The second kappa shape index (κ2) is 8.59. The average molecular weight is 377 g/mol. The minimum Gasteiger partial charge on any atom is -0.481 e. The summed E-state index contributed by atoms with van der Waals surface area (Å²) in [6.45, 7) is 3.49. The van der Waals surface area contributed by atoms with E-state index in [0.717, 1.165) is 30.6 Å². The highest BCUT2D eigenvalue weighted by atomic mass is 19.1. The van der Waals surface area contributed by atoms with E-state index in [1.54, 1.807) is 6.07 Å². The normalized spacial score (nSPS) is 25.7. The Morgan fingerprint density at radius 1 is 1.11 bits per heavy atom. The van der Waals surface area contributed by atoms with Gasteiger partial charge in [0.2, 0.25) is 0 Å². The lowest BCUT2D eigenvalue weighted by Gasteiger charge is -2.36. The lowest BCUT2D eigenvalue weighted by molar-refractivity contribution is -0.142. The molecule has 0 aromatic heterocycles. The van der Waals surface area contributed by atoms with Gasteiger partial charge in [0.25, 0.3) is 0 Å². The maximum atomic E-state index is 13.3. The summed E-state index contributed by atoms with van der Waals surface area (Å²) in [6, 6.07) is 4.70. The van der Waals surface area contributed by atoms with Crippen molar-refractivity contribution in [3.05, 3.63) is 29.6 Å². The van der Waals surface area contributed by atoms with Crippen LogP contribution in [0.4, 0.5) is 14.9 Å². The third-order valence-electron chi connectivity index (χ3n) is 5.67. The summed E-state index contributed by atoms with van der Waals surface area (Å²) in [4.78, 5) is 25.5. The Hall–Kier alpha value is -2.31. The highest BCUT2D eigenvalue weighted by Gasteiger charge is 2.28. The fraction of sp³-hybridized carbons (Fsp3) is 0.600. The number of aryl methyl sites for hydroxylation is 1. The number of aliphatic carboxylic acids is 1. The van der Waals surface area contributed by atoms with E-state index in [-0.39, 0.29) is 29.8 Å². The first-order chi connectivity index (χ1) is 12.9. The molecule has 27 heavy (non-hydrogen) atoms. The van der Waals surface area contributed by atoms with Crippen LogP contribution in [-0.2, 0) is 4.79 Å². The van der Waals surface area contributed by atoms with Gasteiger partial charge in [-0.15, -0.1) is 0 Å². The topological polar surface area (TPSA) is 81.7 Å². The molecular weight excluding hydrogens is 349 g/mol. The van der Waals surface area contributed by atoms with Crippen LogP contribution in [0.2, 0.25) is 0 Å². The number of carbonyl (C=O) groups is 2. The van der Waals surface area contributed by atoms with E-state index in [9.17, 15) is 14.0 Å². The number of halogens is 1. The van der Waals surface area contributed by atoms with E-state index in [0.29, 0.717) is 32.2 Å². The summed E-state index contributed by atoms with van der Waals surface area (Å²) in [7, 11) is 0. The van der Waals surface area contributed by atoms with E-state index in [4.69, 9.17) is 5.11 Å². The van der Waals surface area contributed by atoms with E-state index >= 15 is 0 Å². The molecule has 2 amide bonds. The number of carboxylic acids is 1. The van der Waals surface area contributed by atoms with E-state index in [2.05, 4.69) is 15.5 Å². The van der Waals surface area contributed by atoms with Crippen molar-refractivity contribution in [3.63, 3.8) is 0 Å². The number of piperidine rings is 1. The van der Waals surface area contributed by atoms with Crippen LogP contribution in [-0.4, -0.2) is 42.3 Å². The highest BCUT2D eigenvalue weighted by Crippen LogP contribution is 2.25. The standard InChI is InChI=1S/C20H28FN3O3/c1-13-11-15(21)6-9-18(13)24-10-2-3-17(12-24)23-20(27)22-16-7-4-14(5-8-16)19(25)26/h6,9,11,14,16-17H,2-5,7-8,10,12H2,1H3,(H,25,26)(H2,22,23,27). The Morgan fingerprint density at radius 2 is 1.81 bits per heavy atom. The number of nitrogens with zero attached hydrogens (tertiary/aromatic N) is 1. The van der Waals surface area contributed by atoms with Gasteiger partial charge in [-0.3, -0.25) is 4.79 Å². The van der Waals surface area contributed by atoms with E-state index < -0.39 is 5.97 Å². The molecule has 0 radical (unpaired) electrons. The third kappa shape index (κ3) is 5.11. The van der Waals surface area contributed by atoms with Crippen molar-refractivity contribution in [1.29, 1.82) is 0 Å². The zero-order valence-electron chi connectivity index (χ0n) is 15.7. The van der Waals surface area contributed by atoms with Crippen molar-refractivity contribution in [2.45, 2.75) is 57.5 Å². The predicted molar refractivity (Wildman–Crippen MR) is 101 cm³/mol. The van der Waals surface area contributed by atoms with Crippen molar-refractivity contribution < 1.29 is 19.1 Å². The molecule has 2 fully saturated rings. The molecule has 1 saturated carbocycles. The molecule has 0 spiro atoms. The Balaban J connectivity index is 1.49. The Morgan fingerprint density at radius 3 is 2.48 bits per heavy atom. The number of amides is 2. The van der Waals surface area contributed by atoms with Crippen LogP contribution >= 0.6 is 0 Å². The zero-order valence-corrected chi connectivity index (χ0v) is 15.7. The molecule has 1 aliphatic heterocycles. The number of hydrogen-bond acceptors (Lipinski definition) is 3. The number of urea groups is 1. The number of nitrogens with one attached hydrogen (secondary N) is 2. The molecule has 3 rings (SSSR count). The van der Waals surface area contributed by atoms with Gasteiger partial charge in [-0.05, 0) is 69.2 Å². The minimum atomic E-state index is -0.740. The molecule has 1 aromatic carbocycles. The van der Waals surface area contributed by atoms with Crippen LogP contribution < -0.4 is 15.5 Å². The van der Waals surface area contributed by atoms with E-state index in [1.807, 2.05) is 6.92 Å². The molecule has 1 aliphatic carbocycles. The van der Waals surface area contributed by atoms with Gasteiger partial charge < -0.3 is 20.6 Å². The molecule has 7 heteroatoms. The van der Waals surface area contributed by atoms with Gasteiger partial charge in [-0.1, -0.05) is 0 Å². The number of carbonyl (C=O) groups excluding carboxylic acids is 1. The summed E-state index contributed by atoms with van der Waals surface area (Å²) in [5.41, 5.74) is 1.91. The molecule has 1 saturated heterocycles. The molecular formula is C20H28FN3O3. The number of anilines is 1. The van der Waals surface area contributed by atoms with Crippen LogP contribution in [0.15, 0.2) is 18.2 Å². The van der Waals surface area contributed by atoms with Crippen LogP contribution in [0.5, 0.6) is 0 Å². The SMILES string of the molecule is Cc1cc(F)ccc1N1CCCC(NC(=O)NC2CCC(C(=O)O)CC2)C1. The van der Waals surface area contributed by atoms with E-state index in [1.165, 1.54) is 12.1 Å². The predicted octanol–water partition coefficient (Wildman–Crippen LogP) is 3.05. The van der Waals surface area contributed by atoms with Gasteiger partial charge in [0.15, 0.2) is 0 Å². The maximum Gasteiger partial charge on any atom is 0.315 e. The number of benzene rings is 1. The van der Waals surface area contributed by atoms with Crippen molar-refractivity contribution >= 4 is 17.7 Å². The van der Waals surface area contributed by atoms with Crippen molar-refractivity contribution in [2.75, 3.05) is 18.0 Å². The average Bonchev–Trinajstić information content (AvgIpc) is 2.62. The van der Waals surface area contributed by atoms with Gasteiger partial charge in [0.1, 0.15) is 5.82 Å². The fourth-order valence-electron chi connectivity index (χ4n) is 4.18. The molecule has 1 heterocycles. The molecule has 6 nitrogen and oxygen atoms in total. The van der Waals surface area contributed by atoms with Crippen molar-refractivity contribution in [3.8, 4) is 0 Å². The summed E-state index contributed by atoms with van der Waals surface area (Å²) >= 11 is 0.